The molecule has 5 nitrogen and oxygen atoms in total. The van der Waals surface area contributed by atoms with Crippen LogP contribution in [0.3, 0.4) is 0 Å². The standard InChI is InChI=1S/C26H26FNO4/c27-21-12-18(16-29-22-6-7-24-25(15-22)31-17-30-24)13-23(14-21)32-26(19-4-2-1-3-5-19)20-8-10-28-11-9-20/h1-7,12-15,20,26,28H,8-11,16-17H2. The summed E-state index contributed by atoms with van der Waals surface area (Å²) in [6, 6.07) is 20.4. The highest BCUT2D eigenvalue weighted by molar-refractivity contribution is 5.47. The summed E-state index contributed by atoms with van der Waals surface area (Å²) in [5, 5.41) is 3.40. The molecule has 2 heterocycles. The van der Waals surface area contributed by atoms with Crippen molar-refractivity contribution in [1.29, 1.82) is 0 Å². The Balaban J connectivity index is 1.32. The third kappa shape index (κ3) is 4.81. The Morgan fingerprint density at radius 1 is 0.906 bits per heavy atom. The first-order valence-corrected chi connectivity index (χ1v) is 11.0. The lowest BCUT2D eigenvalue weighted by molar-refractivity contribution is 0.112. The Labute approximate surface area is 187 Å². The van der Waals surface area contributed by atoms with Crippen LogP contribution in [0.2, 0.25) is 0 Å². The van der Waals surface area contributed by atoms with Crippen molar-refractivity contribution in [1.82, 2.24) is 5.32 Å². The van der Waals surface area contributed by atoms with E-state index in [0.29, 0.717) is 34.5 Å². The Morgan fingerprint density at radius 2 is 1.72 bits per heavy atom. The largest absolute Gasteiger partial charge is 0.489 e. The SMILES string of the molecule is Fc1cc(COc2ccc3c(c2)OCO3)cc(OC(c2ccccc2)C2CCNCC2)c1. The van der Waals surface area contributed by atoms with Crippen molar-refractivity contribution in [2.24, 2.45) is 5.92 Å². The van der Waals surface area contributed by atoms with Gasteiger partial charge in [-0.05, 0) is 61.3 Å². The zero-order valence-corrected chi connectivity index (χ0v) is 17.8. The Hall–Kier alpha value is -3.25. The fourth-order valence-corrected chi connectivity index (χ4v) is 4.28. The molecular formula is C26H26FNO4. The van der Waals surface area contributed by atoms with Crippen LogP contribution in [0.5, 0.6) is 23.0 Å². The van der Waals surface area contributed by atoms with Gasteiger partial charge in [-0.1, -0.05) is 30.3 Å². The summed E-state index contributed by atoms with van der Waals surface area (Å²) in [4.78, 5) is 0. The Morgan fingerprint density at radius 3 is 2.56 bits per heavy atom. The van der Waals surface area contributed by atoms with Gasteiger partial charge >= 0.3 is 0 Å². The molecule has 3 aromatic carbocycles. The maximum atomic E-state index is 14.4. The topological polar surface area (TPSA) is 49.0 Å². The number of fused-ring (bicyclic) bond motifs is 1. The summed E-state index contributed by atoms with van der Waals surface area (Å²) in [5.74, 6) is 2.53. The van der Waals surface area contributed by atoms with Crippen LogP contribution in [0.1, 0.15) is 30.1 Å². The maximum absolute atomic E-state index is 14.4. The lowest BCUT2D eigenvalue weighted by Crippen LogP contribution is -2.32. The Bertz CT molecular complexity index is 1050. The predicted octanol–water partition coefficient (Wildman–Crippen LogP) is 5.25. The maximum Gasteiger partial charge on any atom is 0.231 e. The van der Waals surface area contributed by atoms with Crippen LogP contribution in [0.15, 0.2) is 66.7 Å². The molecule has 2 aliphatic rings. The molecule has 1 unspecified atom stereocenters. The van der Waals surface area contributed by atoms with Gasteiger partial charge in [0.25, 0.3) is 0 Å². The molecule has 0 aromatic heterocycles. The zero-order chi connectivity index (χ0) is 21.8. The van der Waals surface area contributed by atoms with E-state index in [1.54, 1.807) is 12.1 Å². The van der Waals surface area contributed by atoms with Gasteiger partial charge in [0.05, 0.1) is 0 Å². The highest BCUT2D eigenvalue weighted by atomic mass is 19.1. The molecule has 1 fully saturated rings. The van der Waals surface area contributed by atoms with Crippen molar-refractivity contribution in [2.75, 3.05) is 19.9 Å². The second kappa shape index (κ2) is 9.49. The first-order valence-electron chi connectivity index (χ1n) is 11.0. The van der Waals surface area contributed by atoms with Crippen LogP contribution in [0.25, 0.3) is 0 Å². The molecule has 5 rings (SSSR count). The van der Waals surface area contributed by atoms with Crippen molar-refractivity contribution in [3.63, 3.8) is 0 Å². The summed E-state index contributed by atoms with van der Waals surface area (Å²) >= 11 is 0. The summed E-state index contributed by atoms with van der Waals surface area (Å²) in [6.45, 7) is 2.37. The van der Waals surface area contributed by atoms with Gasteiger partial charge in [0.1, 0.15) is 30.0 Å². The van der Waals surface area contributed by atoms with Crippen molar-refractivity contribution < 1.29 is 23.3 Å². The molecule has 0 aliphatic carbocycles. The molecule has 166 valence electrons. The lowest BCUT2D eigenvalue weighted by atomic mass is 9.88. The van der Waals surface area contributed by atoms with Crippen LogP contribution in [0, 0.1) is 11.7 Å². The first-order chi connectivity index (χ1) is 15.7. The normalized spacial score (nSPS) is 16.5. The van der Waals surface area contributed by atoms with E-state index in [4.69, 9.17) is 18.9 Å². The van der Waals surface area contributed by atoms with Gasteiger partial charge in [-0.25, -0.2) is 4.39 Å². The van der Waals surface area contributed by atoms with E-state index in [-0.39, 0.29) is 25.3 Å². The van der Waals surface area contributed by atoms with E-state index >= 15 is 0 Å². The van der Waals surface area contributed by atoms with E-state index in [0.717, 1.165) is 31.5 Å². The number of rotatable bonds is 7. The molecule has 0 amide bonds. The van der Waals surface area contributed by atoms with E-state index in [2.05, 4.69) is 17.4 Å². The van der Waals surface area contributed by atoms with Crippen LogP contribution >= 0.6 is 0 Å². The number of nitrogens with one attached hydrogen (secondary N) is 1. The quantitative estimate of drug-likeness (QED) is 0.549. The van der Waals surface area contributed by atoms with Gasteiger partial charge in [-0.15, -0.1) is 0 Å². The van der Waals surface area contributed by atoms with Crippen molar-refractivity contribution in [2.45, 2.75) is 25.6 Å². The second-order valence-electron chi connectivity index (χ2n) is 8.14. The van der Waals surface area contributed by atoms with E-state index in [1.807, 2.05) is 30.3 Å². The van der Waals surface area contributed by atoms with Gasteiger partial charge < -0.3 is 24.3 Å². The molecule has 2 aliphatic heterocycles. The molecule has 0 saturated carbocycles. The molecule has 0 bridgehead atoms. The molecule has 0 spiro atoms. The minimum Gasteiger partial charge on any atom is -0.489 e. The van der Waals surface area contributed by atoms with Gasteiger partial charge in [-0.3, -0.25) is 0 Å². The van der Waals surface area contributed by atoms with Gasteiger partial charge in [0, 0.05) is 18.1 Å². The number of ether oxygens (including phenoxy) is 4. The molecule has 3 aromatic rings. The molecule has 6 heteroatoms. The van der Waals surface area contributed by atoms with Gasteiger partial charge in [0.15, 0.2) is 11.5 Å². The second-order valence-corrected chi connectivity index (χ2v) is 8.14. The number of benzene rings is 3. The van der Waals surface area contributed by atoms with Crippen LogP contribution < -0.4 is 24.3 Å². The number of piperidine rings is 1. The molecule has 0 radical (unpaired) electrons. The molecule has 1 atom stereocenters. The summed E-state index contributed by atoms with van der Waals surface area (Å²) in [5.41, 5.74) is 1.82. The molecule has 1 N–H and O–H groups in total. The number of halogens is 1. The fourth-order valence-electron chi connectivity index (χ4n) is 4.28. The smallest absolute Gasteiger partial charge is 0.231 e. The minimum absolute atomic E-state index is 0.122. The highest BCUT2D eigenvalue weighted by Gasteiger charge is 2.27. The lowest BCUT2D eigenvalue weighted by Gasteiger charge is -2.31. The monoisotopic (exact) mass is 435 g/mol. The Kier molecular flexibility index (Phi) is 6.12. The van der Waals surface area contributed by atoms with Crippen LogP contribution in [-0.4, -0.2) is 19.9 Å². The van der Waals surface area contributed by atoms with Crippen molar-refractivity contribution in [3.05, 3.63) is 83.7 Å². The van der Waals surface area contributed by atoms with E-state index in [9.17, 15) is 4.39 Å². The molecular weight excluding hydrogens is 409 g/mol. The van der Waals surface area contributed by atoms with Crippen LogP contribution in [0.4, 0.5) is 4.39 Å². The molecule has 32 heavy (non-hydrogen) atoms. The van der Waals surface area contributed by atoms with E-state index in [1.165, 1.54) is 12.1 Å². The van der Waals surface area contributed by atoms with Gasteiger partial charge in [-0.2, -0.15) is 0 Å². The van der Waals surface area contributed by atoms with Crippen LogP contribution in [-0.2, 0) is 6.61 Å². The summed E-state index contributed by atoms with van der Waals surface area (Å²) < 4.78 is 37.4. The summed E-state index contributed by atoms with van der Waals surface area (Å²) in [6.07, 6.45) is 1.92. The average molecular weight is 435 g/mol. The third-order valence-electron chi connectivity index (χ3n) is 5.88. The fraction of sp³-hybridized carbons (Fsp3) is 0.308. The third-order valence-corrected chi connectivity index (χ3v) is 5.88. The highest BCUT2D eigenvalue weighted by Crippen LogP contribution is 2.36. The zero-order valence-electron chi connectivity index (χ0n) is 17.8. The number of hydrogen-bond acceptors (Lipinski definition) is 5. The minimum atomic E-state index is -0.344. The predicted molar refractivity (Wildman–Crippen MR) is 119 cm³/mol. The van der Waals surface area contributed by atoms with Crippen molar-refractivity contribution >= 4 is 0 Å². The number of hydrogen-bond donors (Lipinski definition) is 1. The molecule has 1 saturated heterocycles. The van der Waals surface area contributed by atoms with Gasteiger partial charge in [0.2, 0.25) is 6.79 Å². The average Bonchev–Trinajstić information content (AvgIpc) is 3.30. The van der Waals surface area contributed by atoms with E-state index < -0.39 is 0 Å². The summed E-state index contributed by atoms with van der Waals surface area (Å²) in [7, 11) is 0. The first kappa shape index (κ1) is 20.6. The van der Waals surface area contributed by atoms with Crippen molar-refractivity contribution in [3.8, 4) is 23.0 Å².